The van der Waals surface area contributed by atoms with Gasteiger partial charge in [-0.3, -0.25) is 4.68 Å². The van der Waals surface area contributed by atoms with E-state index in [1.54, 1.807) is 19.4 Å². The lowest BCUT2D eigenvalue weighted by molar-refractivity contribution is 0.328. The summed E-state index contributed by atoms with van der Waals surface area (Å²) >= 11 is 0. The van der Waals surface area contributed by atoms with Gasteiger partial charge in [-0.15, -0.1) is 0 Å². The lowest BCUT2D eigenvalue weighted by Gasteiger charge is -2.26. The maximum Gasteiger partial charge on any atom is 0.222 e. The molecule has 5 aromatic rings. The average molecular weight is 545 g/mol. The zero-order valence-electron chi connectivity index (χ0n) is 23.4. The predicted molar refractivity (Wildman–Crippen MR) is 151 cm³/mol. The van der Waals surface area contributed by atoms with E-state index in [1.807, 2.05) is 61.0 Å². The second-order valence-electron chi connectivity index (χ2n) is 9.76. The number of nitrogens with zero attached hydrogens (tertiary/aromatic N) is 6. The third-order valence-corrected chi connectivity index (χ3v) is 6.58. The molecule has 9 nitrogen and oxygen atoms in total. The zero-order chi connectivity index (χ0) is 28.2. The fourth-order valence-corrected chi connectivity index (χ4v) is 4.71. The van der Waals surface area contributed by atoms with Gasteiger partial charge in [0.2, 0.25) is 5.88 Å². The Morgan fingerprint density at radius 3 is 2.58 bits per heavy atom. The summed E-state index contributed by atoms with van der Waals surface area (Å²) in [6.45, 7) is 8.75. The van der Waals surface area contributed by atoms with Gasteiger partial charge in [-0.05, 0) is 63.6 Å². The number of rotatable bonds is 11. The number of halogens is 1. The Morgan fingerprint density at radius 1 is 1.10 bits per heavy atom. The van der Waals surface area contributed by atoms with E-state index >= 15 is 0 Å². The molecular weight excluding hydrogens is 511 g/mol. The SMILES string of the molecule is CCOc1ncccc1-c1cc(N(Cc2ccc(OC)cc2)Cc2cc(CF)no2)c2c(n1)c(C)nn2C(C)C. The number of alkyl halides is 1. The van der Waals surface area contributed by atoms with Crippen LogP contribution in [0.25, 0.3) is 22.3 Å². The molecule has 0 aliphatic carbocycles. The Labute approximate surface area is 232 Å². The van der Waals surface area contributed by atoms with Crippen molar-refractivity contribution < 1.29 is 18.4 Å². The molecule has 4 heterocycles. The molecule has 0 bridgehead atoms. The monoisotopic (exact) mass is 544 g/mol. The van der Waals surface area contributed by atoms with Gasteiger partial charge in [0.1, 0.15) is 29.2 Å². The molecule has 0 N–H and O–H groups in total. The minimum Gasteiger partial charge on any atom is -0.497 e. The Hall–Kier alpha value is -4.47. The topological polar surface area (TPSA) is 91.3 Å². The minimum absolute atomic E-state index is 0.0891. The van der Waals surface area contributed by atoms with Gasteiger partial charge in [-0.1, -0.05) is 17.3 Å². The number of fused-ring (bicyclic) bond motifs is 1. The molecule has 0 amide bonds. The molecule has 208 valence electrons. The number of hydrogen-bond acceptors (Lipinski definition) is 8. The van der Waals surface area contributed by atoms with Crippen LogP contribution in [-0.2, 0) is 19.8 Å². The molecule has 0 spiro atoms. The molecule has 4 aromatic heterocycles. The van der Waals surface area contributed by atoms with E-state index in [-0.39, 0.29) is 11.7 Å². The van der Waals surface area contributed by atoms with Crippen molar-refractivity contribution in [3.05, 3.63) is 77.4 Å². The fourth-order valence-electron chi connectivity index (χ4n) is 4.71. The zero-order valence-corrected chi connectivity index (χ0v) is 23.4. The van der Waals surface area contributed by atoms with E-state index in [9.17, 15) is 4.39 Å². The normalized spacial score (nSPS) is 11.4. The highest BCUT2D eigenvalue weighted by Gasteiger charge is 2.24. The highest BCUT2D eigenvalue weighted by Crippen LogP contribution is 2.37. The summed E-state index contributed by atoms with van der Waals surface area (Å²) in [7, 11) is 1.65. The molecule has 0 atom stereocenters. The van der Waals surface area contributed by atoms with Gasteiger partial charge in [0, 0.05) is 24.8 Å². The standard InChI is InChI=1S/C30H33FN6O3/c1-6-39-30-25(8-7-13-32-30)26-15-27(29-28(33-26)20(4)34-37(29)19(2)3)36(18-24-14-22(16-31)35-40-24)17-21-9-11-23(38-5)12-10-21/h7-15,19H,6,16-18H2,1-5H3. The molecule has 0 saturated carbocycles. The number of ether oxygens (including phenoxy) is 2. The van der Waals surface area contributed by atoms with Crippen LogP contribution in [0.5, 0.6) is 11.6 Å². The second-order valence-corrected chi connectivity index (χ2v) is 9.76. The van der Waals surface area contributed by atoms with Crippen LogP contribution in [0.1, 0.15) is 49.5 Å². The van der Waals surface area contributed by atoms with Crippen LogP contribution in [0.4, 0.5) is 10.1 Å². The van der Waals surface area contributed by atoms with Gasteiger partial charge in [-0.25, -0.2) is 14.4 Å². The molecule has 5 rings (SSSR count). The van der Waals surface area contributed by atoms with Crippen molar-refractivity contribution in [1.82, 2.24) is 24.9 Å². The molecule has 40 heavy (non-hydrogen) atoms. The van der Waals surface area contributed by atoms with Gasteiger partial charge >= 0.3 is 0 Å². The summed E-state index contributed by atoms with van der Waals surface area (Å²) in [6, 6.07) is 15.5. The highest BCUT2D eigenvalue weighted by molar-refractivity contribution is 5.93. The number of anilines is 1. The summed E-state index contributed by atoms with van der Waals surface area (Å²) < 4.78 is 32.1. The van der Waals surface area contributed by atoms with Crippen LogP contribution in [0, 0.1) is 6.92 Å². The maximum absolute atomic E-state index is 13.3. The van der Waals surface area contributed by atoms with Crippen LogP contribution in [0.3, 0.4) is 0 Å². The summed E-state index contributed by atoms with van der Waals surface area (Å²) in [4.78, 5) is 11.7. The first-order chi connectivity index (χ1) is 19.4. The molecule has 1 aromatic carbocycles. The minimum atomic E-state index is -0.688. The molecule has 0 aliphatic rings. The first-order valence-electron chi connectivity index (χ1n) is 13.3. The first kappa shape index (κ1) is 27.1. The van der Waals surface area contributed by atoms with E-state index in [0.717, 1.165) is 39.3 Å². The predicted octanol–water partition coefficient (Wildman–Crippen LogP) is 6.45. The molecular formula is C30H33FN6O3. The lowest BCUT2D eigenvalue weighted by atomic mass is 10.1. The van der Waals surface area contributed by atoms with Gasteiger partial charge in [0.25, 0.3) is 0 Å². The fraction of sp³-hybridized carbons (Fsp3) is 0.333. The van der Waals surface area contributed by atoms with Crippen molar-refractivity contribution in [3.63, 3.8) is 0 Å². The molecule has 0 aliphatic heterocycles. The van der Waals surface area contributed by atoms with Crippen molar-refractivity contribution in [2.24, 2.45) is 0 Å². The van der Waals surface area contributed by atoms with Crippen LogP contribution in [0.15, 0.2) is 59.3 Å². The van der Waals surface area contributed by atoms with E-state index < -0.39 is 6.67 Å². The van der Waals surface area contributed by atoms with E-state index in [4.69, 9.17) is 24.1 Å². The molecule has 10 heteroatoms. The number of methoxy groups -OCH3 is 1. The quantitative estimate of drug-likeness (QED) is 0.187. The summed E-state index contributed by atoms with van der Waals surface area (Å²) in [5.41, 5.74) is 6.22. The van der Waals surface area contributed by atoms with Crippen LogP contribution < -0.4 is 14.4 Å². The van der Waals surface area contributed by atoms with Crippen molar-refractivity contribution in [1.29, 1.82) is 0 Å². The van der Waals surface area contributed by atoms with Gasteiger partial charge < -0.3 is 18.9 Å². The third kappa shape index (κ3) is 5.47. The smallest absolute Gasteiger partial charge is 0.222 e. The number of pyridine rings is 2. The van der Waals surface area contributed by atoms with Crippen LogP contribution >= 0.6 is 0 Å². The van der Waals surface area contributed by atoms with Crippen molar-refractivity contribution in [2.45, 2.75) is 53.5 Å². The van der Waals surface area contributed by atoms with Crippen molar-refractivity contribution >= 4 is 16.7 Å². The van der Waals surface area contributed by atoms with Gasteiger partial charge in [0.15, 0.2) is 5.76 Å². The van der Waals surface area contributed by atoms with E-state index in [2.05, 4.69) is 28.9 Å². The number of aromatic nitrogens is 5. The number of aryl methyl sites for hydroxylation is 1. The Bertz CT molecular complexity index is 1600. The molecule has 0 saturated heterocycles. The number of hydrogen-bond donors (Lipinski definition) is 0. The maximum atomic E-state index is 13.3. The van der Waals surface area contributed by atoms with Crippen LogP contribution in [0.2, 0.25) is 0 Å². The van der Waals surface area contributed by atoms with Crippen molar-refractivity contribution in [2.75, 3.05) is 18.6 Å². The van der Waals surface area contributed by atoms with Gasteiger partial charge in [0.05, 0.1) is 42.9 Å². The van der Waals surface area contributed by atoms with Crippen molar-refractivity contribution in [3.8, 4) is 22.9 Å². The molecule has 0 fully saturated rings. The average Bonchev–Trinajstić information content (AvgIpc) is 3.57. The van der Waals surface area contributed by atoms with E-state index in [0.29, 0.717) is 37.0 Å². The molecule has 0 unspecified atom stereocenters. The summed E-state index contributed by atoms with van der Waals surface area (Å²) in [6.07, 6.45) is 1.71. The Balaban J connectivity index is 1.72. The highest BCUT2D eigenvalue weighted by atomic mass is 19.1. The lowest BCUT2D eigenvalue weighted by Crippen LogP contribution is -2.23. The number of benzene rings is 1. The Kier molecular flexibility index (Phi) is 7.95. The first-order valence-corrected chi connectivity index (χ1v) is 13.3. The molecule has 0 radical (unpaired) electrons. The largest absolute Gasteiger partial charge is 0.497 e. The van der Waals surface area contributed by atoms with E-state index in [1.165, 1.54) is 0 Å². The summed E-state index contributed by atoms with van der Waals surface area (Å²) in [5.74, 6) is 1.85. The second kappa shape index (κ2) is 11.7. The Morgan fingerprint density at radius 2 is 1.90 bits per heavy atom. The van der Waals surface area contributed by atoms with Crippen LogP contribution in [-0.4, -0.2) is 38.6 Å². The summed E-state index contributed by atoms with van der Waals surface area (Å²) in [5, 5.41) is 8.73. The van der Waals surface area contributed by atoms with Gasteiger partial charge in [-0.2, -0.15) is 5.10 Å². The third-order valence-electron chi connectivity index (χ3n) is 6.58.